The molecule has 1 aromatic heterocycles. The first-order valence-corrected chi connectivity index (χ1v) is 4.37. The fraction of sp³-hybridized carbons (Fsp3) is 0.500. The molecule has 0 fully saturated rings. The zero-order chi connectivity index (χ0) is 14.6. The normalized spacial score (nSPS) is 13.4. The third-order valence-corrected chi connectivity index (χ3v) is 1.73. The van der Waals surface area contributed by atoms with Crippen molar-refractivity contribution in [3.05, 3.63) is 15.8 Å². The number of aromatic nitrogens is 2. The Morgan fingerprint density at radius 2 is 2.50 bits per heavy atom. The van der Waals surface area contributed by atoms with Gasteiger partial charge < -0.3 is 9.47 Å². The van der Waals surface area contributed by atoms with Crippen LogP contribution in [0.3, 0.4) is 0 Å². The molecule has 0 unspecified atom stereocenters. The Morgan fingerprint density at radius 3 is 3.06 bits per heavy atom. The fourth-order valence-corrected chi connectivity index (χ4v) is 1.14. The van der Waals surface area contributed by atoms with Crippen LogP contribution in [0.5, 0.6) is 5.88 Å². The van der Waals surface area contributed by atoms with Crippen LogP contribution >= 0.6 is 0 Å². The van der Waals surface area contributed by atoms with Crippen LogP contribution in [0, 0.1) is 10.1 Å². The molecule has 0 saturated heterocycles. The van der Waals surface area contributed by atoms with Crippen LogP contribution in [0.4, 0.5) is 10.5 Å². The predicted octanol–water partition coefficient (Wildman–Crippen LogP) is 1.42. The summed E-state index contributed by atoms with van der Waals surface area (Å²) in [5.41, 5.74) is -0.325. The van der Waals surface area contributed by atoms with Crippen LogP contribution in [-0.2, 0) is 11.2 Å². The van der Waals surface area contributed by atoms with Gasteiger partial charge in [0.05, 0.1) is 16.1 Å². The number of hydrogen-bond donors (Lipinski definition) is 1. The van der Waals surface area contributed by atoms with Crippen LogP contribution in [0.1, 0.15) is 23.2 Å². The summed E-state index contributed by atoms with van der Waals surface area (Å²) < 4.78 is 28.4. The van der Waals surface area contributed by atoms with Crippen LogP contribution in [0.15, 0.2) is 0 Å². The first-order chi connectivity index (χ1) is 8.74. The number of aryl methyl sites for hydroxylation is 1. The van der Waals surface area contributed by atoms with Gasteiger partial charge in [0.2, 0.25) is 0 Å². The maximum absolute atomic E-state index is 11.1. The third-order valence-electron chi connectivity index (χ3n) is 1.73. The van der Waals surface area contributed by atoms with Gasteiger partial charge >= 0.3 is 17.7 Å². The number of hydrogen-bond acceptors (Lipinski definition) is 6. The lowest BCUT2D eigenvalue weighted by molar-refractivity contribution is -0.386. The molecule has 0 radical (unpaired) electrons. The Labute approximate surface area is 94.9 Å². The lowest BCUT2D eigenvalue weighted by Gasteiger charge is -1.97. The lowest BCUT2D eigenvalue weighted by atomic mass is 10.2. The quantitative estimate of drug-likeness (QED) is 0.477. The fourth-order valence-electron chi connectivity index (χ4n) is 1.14. The number of H-pyrrole nitrogens is 1. The minimum Gasteiger partial charge on any atom is -0.437 e. The third kappa shape index (κ3) is 2.47. The van der Waals surface area contributed by atoms with Crippen molar-refractivity contribution in [2.75, 3.05) is 7.04 Å². The van der Waals surface area contributed by atoms with Gasteiger partial charge in [-0.05, 0) is 6.42 Å². The molecule has 0 saturated carbocycles. The average molecular weight is 232 g/mol. The van der Waals surface area contributed by atoms with Gasteiger partial charge in [0.15, 0.2) is 0 Å². The van der Waals surface area contributed by atoms with Crippen LogP contribution in [0.25, 0.3) is 0 Å². The van der Waals surface area contributed by atoms with E-state index in [1.807, 2.05) is 0 Å². The van der Waals surface area contributed by atoms with E-state index in [-0.39, 0.29) is 5.69 Å². The number of carbonyl (C=O) groups is 1. The molecule has 8 nitrogen and oxygen atoms in total. The van der Waals surface area contributed by atoms with E-state index in [1.54, 1.807) is 6.92 Å². The highest BCUT2D eigenvalue weighted by molar-refractivity contribution is 5.65. The van der Waals surface area contributed by atoms with Gasteiger partial charge in [-0.1, -0.05) is 13.3 Å². The van der Waals surface area contributed by atoms with Gasteiger partial charge in [0, 0.05) is 0 Å². The standard InChI is InChI=1S/C8H11N3O5/c1-3-4-5-6(11(13)14)7(10-9-5)16-8(12)15-2/h3-4H2,1-2H3,(H,9,10)/i2D3. The second-order valence-electron chi connectivity index (χ2n) is 2.82. The molecule has 0 aliphatic heterocycles. The highest BCUT2D eigenvalue weighted by atomic mass is 16.7. The summed E-state index contributed by atoms with van der Waals surface area (Å²) >= 11 is 0. The number of nitro groups is 1. The second kappa shape index (κ2) is 5.10. The van der Waals surface area contributed by atoms with E-state index in [9.17, 15) is 14.9 Å². The monoisotopic (exact) mass is 232 g/mol. The van der Waals surface area contributed by atoms with Crippen molar-refractivity contribution in [3.63, 3.8) is 0 Å². The molecule has 1 rings (SSSR count). The molecule has 8 heteroatoms. The molecule has 0 aromatic carbocycles. The molecule has 0 aliphatic carbocycles. The van der Waals surface area contributed by atoms with E-state index in [4.69, 9.17) is 4.11 Å². The number of nitrogens with zero attached hydrogens (tertiary/aromatic N) is 2. The van der Waals surface area contributed by atoms with E-state index < -0.39 is 29.7 Å². The highest BCUT2D eigenvalue weighted by Gasteiger charge is 2.27. The second-order valence-corrected chi connectivity index (χ2v) is 2.82. The largest absolute Gasteiger partial charge is 0.515 e. The topological polar surface area (TPSA) is 107 Å². The maximum atomic E-state index is 11.1. The first kappa shape index (κ1) is 8.08. The van der Waals surface area contributed by atoms with Crippen molar-refractivity contribution in [3.8, 4) is 5.88 Å². The zero-order valence-corrected chi connectivity index (χ0v) is 8.35. The zero-order valence-electron chi connectivity index (χ0n) is 11.3. The van der Waals surface area contributed by atoms with Crippen molar-refractivity contribution in [1.82, 2.24) is 10.2 Å². The number of rotatable bonds is 4. The summed E-state index contributed by atoms with van der Waals surface area (Å²) in [5, 5.41) is 16.7. The van der Waals surface area contributed by atoms with E-state index >= 15 is 0 Å². The molecular formula is C8H11N3O5. The summed E-state index contributed by atoms with van der Waals surface area (Å²) in [6.07, 6.45) is -0.638. The van der Waals surface area contributed by atoms with Crippen LogP contribution < -0.4 is 4.74 Å². The minimum atomic E-state index is -2.99. The molecule has 0 spiro atoms. The molecule has 0 atom stereocenters. The van der Waals surface area contributed by atoms with Gasteiger partial charge in [0.25, 0.3) is 0 Å². The molecule has 1 heterocycles. The van der Waals surface area contributed by atoms with E-state index in [0.29, 0.717) is 12.8 Å². The summed E-state index contributed by atoms with van der Waals surface area (Å²) in [4.78, 5) is 21.2. The lowest BCUT2D eigenvalue weighted by Crippen LogP contribution is -2.08. The summed E-state index contributed by atoms with van der Waals surface area (Å²) in [6, 6.07) is 0. The van der Waals surface area contributed by atoms with Crippen LogP contribution in [0.2, 0.25) is 0 Å². The van der Waals surface area contributed by atoms with Crippen LogP contribution in [-0.4, -0.2) is 28.3 Å². The van der Waals surface area contributed by atoms with E-state index in [2.05, 4.69) is 19.7 Å². The maximum Gasteiger partial charge on any atom is 0.515 e. The molecule has 16 heavy (non-hydrogen) atoms. The van der Waals surface area contributed by atoms with Gasteiger partial charge in [-0.15, -0.1) is 5.10 Å². The molecule has 88 valence electrons. The van der Waals surface area contributed by atoms with Crippen molar-refractivity contribution in [2.24, 2.45) is 0 Å². The Balaban J connectivity index is 2.89. The summed E-state index contributed by atoms with van der Waals surface area (Å²) in [6.45, 7) is 1.80. The molecule has 1 aromatic rings. The SMILES string of the molecule is [2H]C([2H])([2H])OC(=O)Oc1n[nH]c(CCC)c1[N+](=O)[O-]. The Bertz CT molecular complexity index is 484. The van der Waals surface area contributed by atoms with E-state index in [1.165, 1.54) is 0 Å². The van der Waals surface area contributed by atoms with Crippen molar-refractivity contribution >= 4 is 11.8 Å². The molecule has 0 aliphatic rings. The Kier molecular flexibility index (Phi) is 2.58. The average Bonchev–Trinajstić information content (AvgIpc) is 2.58. The van der Waals surface area contributed by atoms with Gasteiger partial charge in [0.1, 0.15) is 5.69 Å². The molecule has 0 bridgehead atoms. The first-order valence-electron chi connectivity index (χ1n) is 5.87. The predicted molar refractivity (Wildman–Crippen MR) is 52.3 cm³/mol. The van der Waals surface area contributed by atoms with Crippen molar-refractivity contribution in [1.29, 1.82) is 0 Å². The number of nitrogens with one attached hydrogen (secondary N) is 1. The summed E-state index contributed by atoms with van der Waals surface area (Å²) in [5.74, 6) is -0.622. The van der Waals surface area contributed by atoms with Crippen molar-refractivity contribution < 1.29 is 23.3 Å². The highest BCUT2D eigenvalue weighted by Crippen LogP contribution is 2.29. The number of methoxy groups -OCH3 is 1. The summed E-state index contributed by atoms with van der Waals surface area (Å²) in [7, 11) is -2.99. The molecule has 1 N–H and O–H groups in total. The Morgan fingerprint density at radius 1 is 1.75 bits per heavy atom. The van der Waals surface area contributed by atoms with E-state index in [0.717, 1.165) is 0 Å². The smallest absolute Gasteiger partial charge is 0.437 e. The molecule has 0 amide bonds. The van der Waals surface area contributed by atoms with Crippen molar-refractivity contribution in [2.45, 2.75) is 19.8 Å². The number of aromatic amines is 1. The number of ether oxygens (including phenoxy) is 2. The van der Waals surface area contributed by atoms with Gasteiger partial charge in [-0.2, -0.15) is 0 Å². The van der Waals surface area contributed by atoms with Gasteiger partial charge in [-0.25, -0.2) is 4.79 Å². The van der Waals surface area contributed by atoms with Gasteiger partial charge in [-0.3, -0.25) is 15.2 Å². The molecular weight excluding hydrogens is 218 g/mol. The Hall–Kier alpha value is -2.12. The number of carbonyl (C=O) groups excluding carboxylic acids is 1. The minimum absolute atomic E-state index is 0.184.